The van der Waals surface area contributed by atoms with E-state index in [1.165, 1.54) is 0 Å². The zero-order valence-corrected chi connectivity index (χ0v) is 10.5. The van der Waals surface area contributed by atoms with E-state index in [1.54, 1.807) is 0 Å². The molecule has 1 rings (SSSR count). The van der Waals surface area contributed by atoms with Gasteiger partial charge in [0.1, 0.15) is 0 Å². The second kappa shape index (κ2) is 4.47. The van der Waals surface area contributed by atoms with Gasteiger partial charge in [-0.3, -0.25) is 4.79 Å². The first-order valence-electron chi connectivity index (χ1n) is 5.38. The van der Waals surface area contributed by atoms with E-state index >= 15 is 0 Å². The normalized spacial score (nSPS) is 18.3. The molecule has 0 aromatic carbocycles. The Balaban J connectivity index is 2.44. The lowest BCUT2D eigenvalue weighted by molar-refractivity contribution is -0.123. The first-order valence-corrected chi connectivity index (χ1v) is 5.79. The van der Waals surface area contributed by atoms with Crippen LogP contribution in [-0.2, 0) is 4.79 Å². The van der Waals surface area contributed by atoms with E-state index in [0.717, 1.165) is 12.8 Å². The number of nitrogens with one attached hydrogen (secondary N) is 1. The Morgan fingerprint density at radius 2 is 2.07 bits per heavy atom. The summed E-state index contributed by atoms with van der Waals surface area (Å²) in [4.78, 5) is 12.1. The summed E-state index contributed by atoms with van der Waals surface area (Å²) < 4.78 is 0. The van der Waals surface area contributed by atoms with Gasteiger partial charge >= 0.3 is 0 Å². The van der Waals surface area contributed by atoms with Gasteiger partial charge in [0.05, 0.1) is 11.0 Å². The summed E-state index contributed by atoms with van der Waals surface area (Å²) in [7, 11) is 0. The summed E-state index contributed by atoms with van der Waals surface area (Å²) in [6, 6.07) is -0.0881. The maximum absolute atomic E-state index is 11.7. The fourth-order valence-electron chi connectivity index (χ4n) is 1.56. The Bertz CT molecular complexity index is 266. The van der Waals surface area contributed by atoms with Crippen LogP contribution in [0.25, 0.3) is 0 Å². The van der Waals surface area contributed by atoms with Gasteiger partial charge in [0.25, 0.3) is 0 Å². The fourth-order valence-corrected chi connectivity index (χ4v) is 1.81. The van der Waals surface area contributed by atoms with Crippen LogP contribution >= 0.6 is 12.2 Å². The molecule has 3 N–H and O–H groups in total. The summed E-state index contributed by atoms with van der Waals surface area (Å²) >= 11 is 4.96. The highest BCUT2D eigenvalue weighted by Gasteiger charge is 2.34. The molecule has 1 saturated carbocycles. The SMILES string of the molecule is CC(C)(C)CC(=O)NC(C(N)=S)C1CC1. The Hall–Kier alpha value is -0.640. The van der Waals surface area contributed by atoms with Crippen molar-refractivity contribution in [1.29, 1.82) is 0 Å². The first-order chi connectivity index (χ1) is 6.79. The zero-order valence-electron chi connectivity index (χ0n) is 9.67. The molecule has 1 aliphatic carbocycles. The van der Waals surface area contributed by atoms with E-state index in [0.29, 0.717) is 17.3 Å². The van der Waals surface area contributed by atoms with Gasteiger partial charge in [-0.15, -0.1) is 0 Å². The Morgan fingerprint density at radius 3 is 2.40 bits per heavy atom. The molecule has 4 heteroatoms. The second-order valence-corrected chi connectivity index (χ2v) is 5.99. The minimum atomic E-state index is -0.0881. The molecule has 1 fully saturated rings. The van der Waals surface area contributed by atoms with E-state index in [1.807, 2.05) is 20.8 Å². The van der Waals surface area contributed by atoms with Crippen LogP contribution in [0.3, 0.4) is 0 Å². The zero-order chi connectivity index (χ0) is 11.6. The molecule has 0 bridgehead atoms. The van der Waals surface area contributed by atoms with Crippen LogP contribution in [0.2, 0.25) is 0 Å². The lowest BCUT2D eigenvalue weighted by Crippen LogP contribution is -2.45. The summed E-state index contributed by atoms with van der Waals surface area (Å²) in [6.45, 7) is 6.12. The molecule has 1 amide bonds. The van der Waals surface area contributed by atoms with Crippen LogP contribution in [0, 0.1) is 11.3 Å². The van der Waals surface area contributed by atoms with Gasteiger partial charge in [-0.25, -0.2) is 0 Å². The molecule has 1 aliphatic rings. The van der Waals surface area contributed by atoms with Crippen LogP contribution in [0.15, 0.2) is 0 Å². The van der Waals surface area contributed by atoms with E-state index in [9.17, 15) is 4.79 Å². The van der Waals surface area contributed by atoms with E-state index < -0.39 is 0 Å². The van der Waals surface area contributed by atoms with Crippen molar-refractivity contribution >= 4 is 23.1 Å². The Kier molecular flexibility index (Phi) is 3.71. The van der Waals surface area contributed by atoms with Gasteiger partial charge in [0.2, 0.25) is 5.91 Å². The van der Waals surface area contributed by atoms with Crippen molar-refractivity contribution in [2.75, 3.05) is 0 Å². The second-order valence-electron chi connectivity index (χ2n) is 5.52. The summed E-state index contributed by atoms with van der Waals surface area (Å²) in [6.07, 6.45) is 2.76. The molecule has 3 nitrogen and oxygen atoms in total. The lowest BCUT2D eigenvalue weighted by Gasteiger charge is -2.21. The predicted octanol–water partition coefficient (Wildman–Crippen LogP) is 1.60. The number of amides is 1. The van der Waals surface area contributed by atoms with E-state index in [2.05, 4.69) is 5.32 Å². The highest BCUT2D eigenvalue weighted by molar-refractivity contribution is 7.80. The molecule has 0 heterocycles. The molecular weight excluding hydrogens is 208 g/mol. The van der Waals surface area contributed by atoms with Gasteiger partial charge in [-0.2, -0.15) is 0 Å². The van der Waals surface area contributed by atoms with Gasteiger partial charge in [0, 0.05) is 6.42 Å². The smallest absolute Gasteiger partial charge is 0.221 e. The molecule has 1 unspecified atom stereocenters. The summed E-state index contributed by atoms with van der Waals surface area (Å²) in [5.74, 6) is 0.526. The number of thiocarbonyl (C=S) groups is 1. The third-order valence-corrected chi connectivity index (χ3v) is 2.66. The molecule has 0 aliphatic heterocycles. The largest absolute Gasteiger partial charge is 0.392 e. The monoisotopic (exact) mass is 228 g/mol. The number of rotatable bonds is 4. The van der Waals surface area contributed by atoms with Crippen LogP contribution in [0.4, 0.5) is 0 Å². The molecule has 1 atom stereocenters. The molecule has 0 saturated heterocycles. The third kappa shape index (κ3) is 4.60. The molecule has 0 aromatic heterocycles. The molecule has 0 radical (unpaired) electrons. The fraction of sp³-hybridized carbons (Fsp3) is 0.818. The number of nitrogens with two attached hydrogens (primary N) is 1. The standard InChI is InChI=1S/C11H20N2OS/c1-11(2,3)6-8(14)13-9(10(12)15)7-4-5-7/h7,9H,4-6H2,1-3H3,(H2,12,15)(H,13,14). The average molecular weight is 228 g/mol. The molecule has 15 heavy (non-hydrogen) atoms. The van der Waals surface area contributed by atoms with Crippen LogP contribution in [-0.4, -0.2) is 16.9 Å². The van der Waals surface area contributed by atoms with Crippen LogP contribution in [0.5, 0.6) is 0 Å². The maximum Gasteiger partial charge on any atom is 0.221 e. The lowest BCUT2D eigenvalue weighted by atomic mass is 9.92. The Labute approximate surface area is 96.8 Å². The maximum atomic E-state index is 11.7. The van der Waals surface area contributed by atoms with Crippen molar-refractivity contribution in [3.63, 3.8) is 0 Å². The first kappa shape index (κ1) is 12.4. The highest BCUT2D eigenvalue weighted by Crippen LogP contribution is 2.33. The van der Waals surface area contributed by atoms with Gasteiger partial charge in [-0.05, 0) is 24.2 Å². The number of hydrogen-bond donors (Lipinski definition) is 2. The van der Waals surface area contributed by atoms with Crippen LogP contribution in [0.1, 0.15) is 40.0 Å². The number of hydrogen-bond acceptors (Lipinski definition) is 2. The third-order valence-electron chi connectivity index (χ3n) is 2.41. The number of carbonyl (C=O) groups is 1. The summed E-state index contributed by atoms with van der Waals surface area (Å²) in [5, 5.41) is 2.93. The average Bonchev–Trinajstić information content (AvgIpc) is 2.78. The summed E-state index contributed by atoms with van der Waals surface area (Å²) in [5.41, 5.74) is 5.61. The molecule has 0 aromatic rings. The van der Waals surface area contributed by atoms with Gasteiger partial charge < -0.3 is 11.1 Å². The van der Waals surface area contributed by atoms with Crippen molar-refractivity contribution in [1.82, 2.24) is 5.32 Å². The molecular formula is C11H20N2OS. The quantitative estimate of drug-likeness (QED) is 0.719. The number of carbonyl (C=O) groups excluding carboxylic acids is 1. The topological polar surface area (TPSA) is 55.1 Å². The van der Waals surface area contributed by atoms with Crippen molar-refractivity contribution in [3.05, 3.63) is 0 Å². The van der Waals surface area contributed by atoms with Crippen molar-refractivity contribution in [3.8, 4) is 0 Å². The van der Waals surface area contributed by atoms with Crippen LogP contribution < -0.4 is 11.1 Å². The van der Waals surface area contributed by atoms with E-state index in [4.69, 9.17) is 18.0 Å². The highest BCUT2D eigenvalue weighted by atomic mass is 32.1. The van der Waals surface area contributed by atoms with Crippen molar-refractivity contribution in [2.45, 2.75) is 46.1 Å². The molecule has 86 valence electrons. The minimum absolute atomic E-state index is 0.00834. The van der Waals surface area contributed by atoms with Crippen molar-refractivity contribution < 1.29 is 4.79 Å². The minimum Gasteiger partial charge on any atom is -0.392 e. The van der Waals surface area contributed by atoms with E-state index in [-0.39, 0.29) is 17.4 Å². The molecule has 0 spiro atoms. The van der Waals surface area contributed by atoms with Gasteiger partial charge in [-0.1, -0.05) is 33.0 Å². The Morgan fingerprint density at radius 1 is 1.53 bits per heavy atom. The predicted molar refractivity (Wildman–Crippen MR) is 65.5 cm³/mol. The van der Waals surface area contributed by atoms with Crippen molar-refractivity contribution in [2.24, 2.45) is 17.1 Å². The van der Waals surface area contributed by atoms with Gasteiger partial charge in [0.15, 0.2) is 0 Å².